The summed E-state index contributed by atoms with van der Waals surface area (Å²) in [5, 5.41) is 6.05. The van der Waals surface area contributed by atoms with Crippen molar-refractivity contribution in [3.63, 3.8) is 0 Å². The van der Waals surface area contributed by atoms with Crippen molar-refractivity contribution in [2.45, 2.75) is 32.4 Å². The number of hydrogen-bond acceptors (Lipinski definition) is 3. The molecule has 0 amide bonds. The Bertz CT molecular complexity index is 1140. The fourth-order valence-corrected chi connectivity index (χ4v) is 3.78. The van der Waals surface area contributed by atoms with Crippen molar-refractivity contribution < 1.29 is 4.79 Å². The van der Waals surface area contributed by atoms with Gasteiger partial charge in [-0.1, -0.05) is 46.8 Å². The van der Waals surface area contributed by atoms with Crippen molar-refractivity contribution >= 4 is 40.6 Å². The molecule has 1 aromatic heterocycles. The zero-order valence-electron chi connectivity index (χ0n) is 15.9. The van der Waals surface area contributed by atoms with Crippen molar-refractivity contribution in [1.29, 1.82) is 0 Å². The molecule has 0 aliphatic rings. The number of hydrogen-bond donors (Lipinski definition) is 0. The van der Waals surface area contributed by atoms with Gasteiger partial charge in [-0.05, 0) is 54.8 Å². The summed E-state index contributed by atoms with van der Waals surface area (Å²) < 4.78 is 2.51. The first-order valence-electron chi connectivity index (χ1n) is 9.22. The standard InChI is InChI=1S/C22H18Cl3N3O2/c1-2-13-27-21(15-9-11-16(23)12-10-15)26-28(22(27)30)14-17(29)5-3-6-18-19(24)7-4-8-20(18)25/h1,4,7-12H,3,5-6,13-14H2. The zero-order chi connectivity index (χ0) is 21.7. The normalized spacial score (nSPS) is 10.7. The van der Waals surface area contributed by atoms with Crippen molar-refractivity contribution in [1.82, 2.24) is 14.3 Å². The van der Waals surface area contributed by atoms with E-state index < -0.39 is 5.69 Å². The molecule has 0 fully saturated rings. The fraction of sp³-hybridized carbons (Fsp3) is 0.227. The van der Waals surface area contributed by atoms with Gasteiger partial charge in [-0.15, -0.1) is 11.5 Å². The van der Waals surface area contributed by atoms with Crippen LogP contribution in [-0.2, 0) is 24.3 Å². The third kappa shape index (κ3) is 5.14. The van der Waals surface area contributed by atoms with Crippen LogP contribution in [0.25, 0.3) is 11.4 Å². The van der Waals surface area contributed by atoms with Gasteiger partial charge in [0.05, 0.1) is 6.54 Å². The van der Waals surface area contributed by atoms with E-state index in [9.17, 15) is 9.59 Å². The molecule has 0 atom stereocenters. The van der Waals surface area contributed by atoms with Crippen LogP contribution in [0.5, 0.6) is 0 Å². The largest absolute Gasteiger partial charge is 0.347 e. The molecule has 3 aromatic rings. The lowest BCUT2D eigenvalue weighted by molar-refractivity contribution is -0.119. The lowest BCUT2D eigenvalue weighted by atomic mass is 10.1. The first-order chi connectivity index (χ1) is 14.4. The molecule has 30 heavy (non-hydrogen) atoms. The summed E-state index contributed by atoms with van der Waals surface area (Å²) in [6, 6.07) is 12.2. The summed E-state index contributed by atoms with van der Waals surface area (Å²) in [5.74, 6) is 2.73. The number of benzene rings is 2. The van der Waals surface area contributed by atoms with E-state index in [0.29, 0.717) is 39.3 Å². The molecular formula is C22H18Cl3N3O2. The summed E-state index contributed by atoms with van der Waals surface area (Å²) in [7, 11) is 0. The van der Waals surface area contributed by atoms with Crippen molar-refractivity contribution in [3.8, 4) is 23.7 Å². The molecular weight excluding hydrogens is 445 g/mol. The van der Waals surface area contributed by atoms with Gasteiger partial charge in [0.15, 0.2) is 11.6 Å². The third-order valence-corrected chi connectivity index (χ3v) is 5.51. The average Bonchev–Trinajstić information content (AvgIpc) is 3.01. The quantitative estimate of drug-likeness (QED) is 0.448. The fourth-order valence-electron chi connectivity index (χ4n) is 3.07. The molecule has 1 heterocycles. The molecule has 0 aliphatic carbocycles. The van der Waals surface area contributed by atoms with Crippen LogP contribution in [0.2, 0.25) is 15.1 Å². The van der Waals surface area contributed by atoms with E-state index in [1.165, 1.54) is 4.57 Å². The molecule has 0 N–H and O–H groups in total. The predicted octanol–water partition coefficient (Wildman–Crippen LogP) is 4.90. The Morgan fingerprint density at radius 3 is 2.37 bits per heavy atom. The second-order valence-corrected chi connectivity index (χ2v) is 7.90. The molecule has 0 bridgehead atoms. The summed E-state index contributed by atoms with van der Waals surface area (Å²) in [4.78, 5) is 25.1. The van der Waals surface area contributed by atoms with Crippen LogP contribution in [0.15, 0.2) is 47.3 Å². The van der Waals surface area contributed by atoms with Gasteiger partial charge >= 0.3 is 5.69 Å². The SMILES string of the molecule is C#CCn1c(-c2ccc(Cl)cc2)nn(CC(=O)CCCc2c(Cl)cccc2Cl)c1=O. The Morgan fingerprint density at radius 2 is 1.73 bits per heavy atom. The van der Waals surface area contributed by atoms with Crippen LogP contribution >= 0.6 is 34.8 Å². The number of terminal acetylenes is 1. The van der Waals surface area contributed by atoms with Gasteiger partial charge in [0.25, 0.3) is 0 Å². The minimum Gasteiger partial charge on any atom is -0.298 e. The maximum Gasteiger partial charge on any atom is 0.347 e. The van der Waals surface area contributed by atoms with Crippen molar-refractivity contribution in [3.05, 3.63) is 73.6 Å². The third-order valence-electron chi connectivity index (χ3n) is 4.54. The molecule has 0 aliphatic heterocycles. The monoisotopic (exact) mass is 461 g/mol. The van der Waals surface area contributed by atoms with E-state index in [1.54, 1.807) is 42.5 Å². The first kappa shape index (κ1) is 22.2. The van der Waals surface area contributed by atoms with Gasteiger partial charge in [-0.3, -0.25) is 9.36 Å². The highest BCUT2D eigenvalue weighted by molar-refractivity contribution is 6.36. The lowest BCUT2D eigenvalue weighted by Gasteiger charge is -2.06. The lowest BCUT2D eigenvalue weighted by Crippen LogP contribution is -2.27. The van der Waals surface area contributed by atoms with Gasteiger partial charge < -0.3 is 0 Å². The van der Waals surface area contributed by atoms with Gasteiger partial charge in [-0.2, -0.15) is 0 Å². The molecule has 0 radical (unpaired) electrons. The molecule has 2 aromatic carbocycles. The molecule has 0 unspecified atom stereocenters. The van der Waals surface area contributed by atoms with Crippen LogP contribution in [0, 0.1) is 12.3 Å². The number of aromatic nitrogens is 3. The summed E-state index contributed by atoms with van der Waals surface area (Å²) >= 11 is 18.3. The van der Waals surface area contributed by atoms with Crippen LogP contribution in [0.3, 0.4) is 0 Å². The van der Waals surface area contributed by atoms with Gasteiger partial charge in [0.1, 0.15) is 6.54 Å². The minimum absolute atomic E-state index is 0.0516. The van der Waals surface area contributed by atoms with Crippen LogP contribution in [0.4, 0.5) is 0 Å². The zero-order valence-corrected chi connectivity index (χ0v) is 18.2. The molecule has 154 valence electrons. The maximum atomic E-state index is 12.7. The van der Waals surface area contributed by atoms with Gasteiger partial charge in [0.2, 0.25) is 0 Å². The van der Waals surface area contributed by atoms with Crippen LogP contribution < -0.4 is 5.69 Å². The Hall–Kier alpha value is -2.52. The number of rotatable bonds is 8. The number of carbonyl (C=O) groups excluding carboxylic acids is 1. The average molecular weight is 463 g/mol. The summed E-state index contributed by atoms with van der Waals surface area (Å²) in [6.07, 6.45) is 6.80. The Balaban J connectivity index is 1.72. The van der Waals surface area contributed by atoms with E-state index in [0.717, 1.165) is 10.2 Å². The van der Waals surface area contributed by atoms with Gasteiger partial charge in [0, 0.05) is 27.1 Å². The molecule has 8 heteroatoms. The summed E-state index contributed by atoms with van der Waals surface area (Å²) in [5.41, 5.74) is 1.07. The van der Waals surface area contributed by atoms with E-state index in [-0.39, 0.29) is 25.3 Å². The molecule has 3 rings (SSSR count). The molecule has 0 spiro atoms. The maximum absolute atomic E-state index is 12.7. The number of Topliss-reactive ketones (excluding diaryl/α,β-unsaturated/α-hetero) is 1. The Kier molecular flexibility index (Phi) is 7.38. The first-order valence-corrected chi connectivity index (χ1v) is 10.4. The molecule has 0 saturated heterocycles. The number of nitrogens with zero attached hydrogens (tertiary/aromatic N) is 3. The smallest absolute Gasteiger partial charge is 0.298 e. The van der Waals surface area contributed by atoms with Crippen LogP contribution in [-0.4, -0.2) is 20.1 Å². The highest BCUT2D eigenvalue weighted by Gasteiger charge is 2.17. The number of carbonyl (C=O) groups is 1. The topological polar surface area (TPSA) is 56.9 Å². The van der Waals surface area contributed by atoms with Crippen LogP contribution in [0.1, 0.15) is 18.4 Å². The Labute approximate surface area is 189 Å². The van der Waals surface area contributed by atoms with E-state index in [4.69, 9.17) is 41.2 Å². The van der Waals surface area contributed by atoms with Crippen molar-refractivity contribution in [2.75, 3.05) is 0 Å². The van der Waals surface area contributed by atoms with E-state index in [2.05, 4.69) is 11.0 Å². The second kappa shape index (κ2) is 9.99. The molecule has 5 nitrogen and oxygen atoms in total. The number of halogens is 3. The summed E-state index contributed by atoms with van der Waals surface area (Å²) in [6.45, 7) is -0.0801. The second-order valence-electron chi connectivity index (χ2n) is 6.65. The predicted molar refractivity (Wildman–Crippen MR) is 120 cm³/mol. The van der Waals surface area contributed by atoms with Crippen molar-refractivity contribution in [2.24, 2.45) is 0 Å². The van der Waals surface area contributed by atoms with E-state index >= 15 is 0 Å². The highest BCUT2D eigenvalue weighted by Crippen LogP contribution is 2.26. The highest BCUT2D eigenvalue weighted by atomic mass is 35.5. The minimum atomic E-state index is -0.430. The van der Waals surface area contributed by atoms with Gasteiger partial charge in [-0.25, -0.2) is 9.48 Å². The molecule has 0 saturated carbocycles. The number of ketones is 1. The van der Waals surface area contributed by atoms with E-state index in [1.807, 2.05) is 0 Å². The Morgan fingerprint density at radius 1 is 1.07 bits per heavy atom.